The standard InChI is InChI=1S/C15H19N3O/c1-2-5-13(6-3-1)15-11-14(19-17-15)12-18-9-4-7-16-8-10-18/h1-3,5-6,11,16H,4,7-10,12H2. The first-order chi connectivity index (χ1) is 9.42. The Bertz CT molecular complexity index is 501. The Kier molecular flexibility index (Phi) is 3.91. The van der Waals surface area contributed by atoms with Crippen molar-refractivity contribution in [2.24, 2.45) is 0 Å². The van der Waals surface area contributed by atoms with E-state index in [-0.39, 0.29) is 0 Å². The van der Waals surface area contributed by atoms with Crippen LogP contribution in [0.5, 0.6) is 0 Å². The molecule has 0 aliphatic carbocycles. The van der Waals surface area contributed by atoms with Crippen molar-refractivity contribution in [3.63, 3.8) is 0 Å². The Hall–Kier alpha value is -1.65. The summed E-state index contributed by atoms with van der Waals surface area (Å²) in [5.74, 6) is 0.945. The number of nitrogens with zero attached hydrogens (tertiary/aromatic N) is 2. The predicted molar refractivity (Wildman–Crippen MR) is 74.7 cm³/mol. The lowest BCUT2D eigenvalue weighted by Crippen LogP contribution is -2.27. The molecule has 2 heterocycles. The van der Waals surface area contributed by atoms with Crippen molar-refractivity contribution in [3.8, 4) is 11.3 Å². The molecule has 2 aromatic rings. The molecule has 100 valence electrons. The van der Waals surface area contributed by atoms with Gasteiger partial charge in [-0.05, 0) is 19.5 Å². The van der Waals surface area contributed by atoms with Gasteiger partial charge in [-0.25, -0.2) is 0 Å². The van der Waals surface area contributed by atoms with Crippen molar-refractivity contribution in [1.82, 2.24) is 15.4 Å². The zero-order valence-electron chi connectivity index (χ0n) is 11.0. The maximum Gasteiger partial charge on any atom is 0.151 e. The topological polar surface area (TPSA) is 41.3 Å². The van der Waals surface area contributed by atoms with E-state index in [1.165, 1.54) is 6.42 Å². The van der Waals surface area contributed by atoms with Crippen molar-refractivity contribution in [2.75, 3.05) is 26.2 Å². The lowest BCUT2D eigenvalue weighted by Gasteiger charge is -2.16. The van der Waals surface area contributed by atoms with E-state index in [1.807, 2.05) is 24.3 Å². The van der Waals surface area contributed by atoms with Gasteiger partial charge in [0.2, 0.25) is 0 Å². The summed E-state index contributed by atoms with van der Waals surface area (Å²) in [5.41, 5.74) is 2.03. The van der Waals surface area contributed by atoms with Gasteiger partial charge in [0.25, 0.3) is 0 Å². The third kappa shape index (κ3) is 3.22. The van der Waals surface area contributed by atoms with Gasteiger partial charge in [-0.3, -0.25) is 4.90 Å². The number of nitrogens with one attached hydrogen (secondary N) is 1. The molecule has 1 aliphatic rings. The first-order valence-electron chi connectivity index (χ1n) is 6.86. The predicted octanol–water partition coefficient (Wildman–Crippen LogP) is 2.14. The highest BCUT2D eigenvalue weighted by Crippen LogP contribution is 2.19. The minimum atomic E-state index is 0.849. The minimum absolute atomic E-state index is 0.849. The zero-order chi connectivity index (χ0) is 12.9. The molecule has 3 rings (SSSR count). The molecule has 4 nitrogen and oxygen atoms in total. The summed E-state index contributed by atoms with van der Waals surface area (Å²) in [5, 5.41) is 7.56. The van der Waals surface area contributed by atoms with E-state index in [9.17, 15) is 0 Å². The summed E-state index contributed by atoms with van der Waals surface area (Å²) in [7, 11) is 0. The molecule has 1 aromatic carbocycles. The van der Waals surface area contributed by atoms with Crippen molar-refractivity contribution in [2.45, 2.75) is 13.0 Å². The van der Waals surface area contributed by atoms with E-state index in [0.29, 0.717) is 0 Å². The fourth-order valence-electron chi connectivity index (χ4n) is 2.41. The molecule has 0 atom stereocenters. The smallest absolute Gasteiger partial charge is 0.151 e. The first-order valence-corrected chi connectivity index (χ1v) is 6.86. The van der Waals surface area contributed by atoms with Gasteiger partial charge in [0.1, 0.15) is 5.69 Å². The van der Waals surface area contributed by atoms with Crippen LogP contribution in [0.3, 0.4) is 0 Å². The number of hydrogen-bond donors (Lipinski definition) is 1. The Balaban J connectivity index is 1.68. The minimum Gasteiger partial charge on any atom is -0.359 e. The van der Waals surface area contributed by atoms with Crippen LogP contribution in [0.2, 0.25) is 0 Å². The number of benzene rings is 1. The van der Waals surface area contributed by atoms with Crippen LogP contribution in [-0.2, 0) is 6.54 Å². The van der Waals surface area contributed by atoms with Crippen LogP contribution in [0.15, 0.2) is 40.9 Å². The molecule has 0 unspecified atom stereocenters. The normalized spacial score (nSPS) is 17.3. The molecule has 1 N–H and O–H groups in total. The SMILES string of the molecule is c1ccc(-c2cc(CN3CCCNCC3)on2)cc1. The summed E-state index contributed by atoms with van der Waals surface area (Å²) >= 11 is 0. The molecule has 1 aliphatic heterocycles. The molecular weight excluding hydrogens is 238 g/mol. The third-order valence-electron chi connectivity index (χ3n) is 3.44. The third-order valence-corrected chi connectivity index (χ3v) is 3.44. The summed E-state index contributed by atoms with van der Waals surface area (Å²) in [6.07, 6.45) is 1.19. The average Bonchev–Trinajstić information content (AvgIpc) is 2.76. The summed E-state index contributed by atoms with van der Waals surface area (Å²) in [4.78, 5) is 2.41. The lowest BCUT2D eigenvalue weighted by atomic mass is 10.1. The van der Waals surface area contributed by atoms with E-state index in [4.69, 9.17) is 4.52 Å². The van der Waals surface area contributed by atoms with Crippen LogP contribution in [-0.4, -0.2) is 36.2 Å². The number of rotatable bonds is 3. The highest BCUT2D eigenvalue weighted by molar-refractivity contribution is 5.58. The van der Waals surface area contributed by atoms with Gasteiger partial charge >= 0.3 is 0 Å². The molecule has 0 bridgehead atoms. The maximum absolute atomic E-state index is 5.45. The Morgan fingerprint density at radius 2 is 2.05 bits per heavy atom. The van der Waals surface area contributed by atoms with Crippen LogP contribution < -0.4 is 5.32 Å². The fraction of sp³-hybridized carbons (Fsp3) is 0.400. The largest absolute Gasteiger partial charge is 0.359 e. The Labute approximate surface area is 113 Å². The quantitative estimate of drug-likeness (QED) is 0.914. The van der Waals surface area contributed by atoms with Gasteiger partial charge in [-0.1, -0.05) is 35.5 Å². The van der Waals surface area contributed by atoms with Gasteiger partial charge in [0, 0.05) is 24.7 Å². The second kappa shape index (κ2) is 5.99. The van der Waals surface area contributed by atoms with Crippen LogP contribution in [0.1, 0.15) is 12.2 Å². The molecule has 0 amide bonds. The highest BCUT2D eigenvalue weighted by atomic mass is 16.5. The molecule has 4 heteroatoms. The van der Waals surface area contributed by atoms with E-state index in [2.05, 4.69) is 27.5 Å². The van der Waals surface area contributed by atoms with Gasteiger partial charge in [0.05, 0.1) is 6.54 Å². The molecule has 1 fully saturated rings. The van der Waals surface area contributed by atoms with Gasteiger partial charge in [-0.15, -0.1) is 0 Å². The molecule has 0 spiro atoms. The van der Waals surface area contributed by atoms with E-state index in [0.717, 1.165) is 49.7 Å². The number of hydrogen-bond acceptors (Lipinski definition) is 4. The monoisotopic (exact) mass is 257 g/mol. The van der Waals surface area contributed by atoms with Gasteiger partial charge < -0.3 is 9.84 Å². The van der Waals surface area contributed by atoms with E-state index in [1.54, 1.807) is 0 Å². The molecule has 0 saturated carbocycles. The average molecular weight is 257 g/mol. The van der Waals surface area contributed by atoms with Gasteiger partial charge in [-0.2, -0.15) is 0 Å². The summed E-state index contributed by atoms with van der Waals surface area (Å²) < 4.78 is 5.45. The van der Waals surface area contributed by atoms with Crippen molar-refractivity contribution in [1.29, 1.82) is 0 Å². The van der Waals surface area contributed by atoms with Crippen molar-refractivity contribution < 1.29 is 4.52 Å². The Morgan fingerprint density at radius 3 is 2.95 bits per heavy atom. The van der Waals surface area contributed by atoms with Crippen LogP contribution in [0, 0.1) is 0 Å². The molecule has 1 aromatic heterocycles. The second-order valence-corrected chi connectivity index (χ2v) is 4.92. The number of aromatic nitrogens is 1. The van der Waals surface area contributed by atoms with Crippen molar-refractivity contribution >= 4 is 0 Å². The first kappa shape index (κ1) is 12.4. The van der Waals surface area contributed by atoms with Gasteiger partial charge in [0.15, 0.2) is 5.76 Å². The summed E-state index contributed by atoms with van der Waals surface area (Å²) in [6, 6.07) is 12.2. The van der Waals surface area contributed by atoms with Crippen molar-refractivity contribution in [3.05, 3.63) is 42.2 Å². The summed E-state index contributed by atoms with van der Waals surface area (Å²) in [6.45, 7) is 5.21. The van der Waals surface area contributed by atoms with Crippen LogP contribution >= 0.6 is 0 Å². The lowest BCUT2D eigenvalue weighted by molar-refractivity contribution is 0.244. The fourth-order valence-corrected chi connectivity index (χ4v) is 2.41. The maximum atomic E-state index is 5.45. The van der Waals surface area contributed by atoms with E-state index >= 15 is 0 Å². The second-order valence-electron chi connectivity index (χ2n) is 4.92. The zero-order valence-corrected chi connectivity index (χ0v) is 11.0. The molecule has 0 radical (unpaired) electrons. The van der Waals surface area contributed by atoms with E-state index < -0.39 is 0 Å². The van der Waals surface area contributed by atoms with Crippen LogP contribution in [0.4, 0.5) is 0 Å². The molecule has 19 heavy (non-hydrogen) atoms. The van der Waals surface area contributed by atoms with Crippen LogP contribution in [0.25, 0.3) is 11.3 Å². The molecular formula is C15H19N3O. The Morgan fingerprint density at radius 1 is 1.16 bits per heavy atom. The highest BCUT2D eigenvalue weighted by Gasteiger charge is 2.12. The molecule has 1 saturated heterocycles.